The van der Waals surface area contributed by atoms with Crippen molar-refractivity contribution < 1.29 is 19.1 Å². The molecule has 0 fully saturated rings. The number of methoxy groups -OCH3 is 1. The number of amides is 2. The number of hydrogen-bond acceptors (Lipinski definition) is 4. The molecule has 24 heavy (non-hydrogen) atoms. The van der Waals surface area contributed by atoms with Crippen LogP contribution in [-0.2, 0) is 9.53 Å². The molecule has 1 aromatic carbocycles. The largest absolute Gasteiger partial charge is 0.496 e. The van der Waals surface area contributed by atoms with Crippen molar-refractivity contribution in [3.63, 3.8) is 0 Å². The Bertz CT molecular complexity index is 609. The number of nitrogens with one attached hydrogen (secondary N) is 2. The lowest BCUT2D eigenvalue weighted by atomic mass is 10.2. The summed E-state index contributed by atoms with van der Waals surface area (Å²) in [6, 6.07) is 5.53. The maximum absolute atomic E-state index is 11.8. The van der Waals surface area contributed by atoms with E-state index in [2.05, 4.69) is 26.6 Å². The van der Waals surface area contributed by atoms with Gasteiger partial charge in [-0.1, -0.05) is 15.9 Å². The van der Waals surface area contributed by atoms with Gasteiger partial charge in [-0.25, -0.2) is 4.79 Å². The minimum Gasteiger partial charge on any atom is -0.496 e. The normalized spacial score (nSPS) is 11.2. The number of benzene rings is 1. The topological polar surface area (TPSA) is 76.7 Å². The Labute approximate surface area is 150 Å². The van der Waals surface area contributed by atoms with E-state index in [1.807, 2.05) is 18.2 Å². The molecule has 0 bridgehead atoms. The zero-order valence-electron chi connectivity index (χ0n) is 14.3. The van der Waals surface area contributed by atoms with E-state index in [1.54, 1.807) is 34.0 Å². The van der Waals surface area contributed by atoms with E-state index in [9.17, 15) is 9.59 Å². The highest BCUT2D eigenvalue weighted by atomic mass is 79.9. The Balaban J connectivity index is 2.39. The van der Waals surface area contributed by atoms with Crippen LogP contribution >= 0.6 is 15.9 Å². The molecule has 1 rings (SSSR count). The first-order chi connectivity index (χ1) is 11.2. The van der Waals surface area contributed by atoms with Crippen LogP contribution in [-0.4, -0.2) is 37.8 Å². The first-order valence-electron chi connectivity index (χ1n) is 7.47. The smallest absolute Gasteiger partial charge is 0.407 e. The second-order valence-corrected chi connectivity index (χ2v) is 6.85. The van der Waals surface area contributed by atoms with Gasteiger partial charge in [0.25, 0.3) is 0 Å². The fourth-order valence-electron chi connectivity index (χ4n) is 1.72. The molecule has 0 spiro atoms. The van der Waals surface area contributed by atoms with Crippen LogP contribution in [0.4, 0.5) is 4.79 Å². The molecule has 1 aromatic rings. The molecule has 0 aliphatic heterocycles. The van der Waals surface area contributed by atoms with Crippen molar-refractivity contribution in [3.8, 4) is 5.75 Å². The van der Waals surface area contributed by atoms with Crippen molar-refractivity contribution in [2.45, 2.75) is 26.4 Å². The molecule has 0 saturated carbocycles. The van der Waals surface area contributed by atoms with E-state index >= 15 is 0 Å². The predicted octanol–water partition coefficient (Wildman–Crippen LogP) is 3.11. The van der Waals surface area contributed by atoms with E-state index in [0.717, 1.165) is 10.0 Å². The van der Waals surface area contributed by atoms with Gasteiger partial charge in [-0.05, 0) is 45.0 Å². The van der Waals surface area contributed by atoms with Crippen LogP contribution in [0.25, 0.3) is 6.08 Å². The van der Waals surface area contributed by atoms with E-state index < -0.39 is 11.7 Å². The summed E-state index contributed by atoms with van der Waals surface area (Å²) < 4.78 is 11.2. The van der Waals surface area contributed by atoms with Crippen LogP contribution in [0.15, 0.2) is 28.7 Å². The van der Waals surface area contributed by atoms with Gasteiger partial charge in [-0.2, -0.15) is 0 Å². The summed E-state index contributed by atoms with van der Waals surface area (Å²) in [7, 11) is 1.57. The van der Waals surface area contributed by atoms with Crippen molar-refractivity contribution in [2.24, 2.45) is 0 Å². The van der Waals surface area contributed by atoms with Crippen LogP contribution in [0, 0.1) is 0 Å². The van der Waals surface area contributed by atoms with Crippen molar-refractivity contribution >= 4 is 34.0 Å². The third kappa shape index (κ3) is 8.01. The van der Waals surface area contributed by atoms with Crippen molar-refractivity contribution in [2.75, 3.05) is 20.2 Å². The van der Waals surface area contributed by atoms with E-state index in [0.29, 0.717) is 12.3 Å². The molecule has 0 heterocycles. The molecule has 7 heteroatoms. The third-order valence-corrected chi connectivity index (χ3v) is 3.19. The number of rotatable bonds is 6. The van der Waals surface area contributed by atoms with Gasteiger partial charge in [0.05, 0.1) is 7.11 Å². The second kappa shape index (κ2) is 9.32. The lowest BCUT2D eigenvalue weighted by molar-refractivity contribution is -0.116. The molecule has 0 atom stereocenters. The molecule has 0 unspecified atom stereocenters. The molecule has 132 valence electrons. The predicted molar refractivity (Wildman–Crippen MR) is 97.0 cm³/mol. The molecule has 0 aliphatic carbocycles. The van der Waals surface area contributed by atoms with E-state index in [-0.39, 0.29) is 12.5 Å². The summed E-state index contributed by atoms with van der Waals surface area (Å²) in [6.07, 6.45) is 2.57. The maximum atomic E-state index is 11.8. The van der Waals surface area contributed by atoms with Gasteiger partial charge < -0.3 is 20.1 Å². The lowest BCUT2D eigenvalue weighted by Gasteiger charge is -2.19. The highest BCUT2D eigenvalue weighted by molar-refractivity contribution is 9.10. The summed E-state index contributed by atoms with van der Waals surface area (Å²) in [4.78, 5) is 23.2. The first-order valence-corrected chi connectivity index (χ1v) is 8.27. The van der Waals surface area contributed by atoms with Crippen LogP contribution in [0.2, 0.25) is 0 Å². The van der Waals surface area contributed by atoms with E-state index in [1.165, 1.54) is 6.08 Å². The monoisotopic (exact) mass is 398 g/mol. The minimum absolute atomic E-state index is 0.261. The Morgan fingerprint density at radius 3 is 2.50 bits per heavy atom. The maximum Gasteiger partial charge on any atom is 0.407 e. The quantitative estimate of drug-likeness (QED) is 0.569. The Morgan fingerprint density at radius 1 is 1.21 bits per heavy atom. The number of carbonyl (C=O) groups is 2. The standard InChI is InChI=1S/C17H23BrN2O4/c1-17(2,3)24-16(22)20-10-9-19-15(21)8-5-12-11-13(18)6-7-14(12)23-4/h5-8,11H,9-10H2,1-4H3,(H,19,21)(H,20,22)/b8-5+. The molecule has 2 amide bonds. The summed E-state index contributed by atoms with van der Waals surface area (Å²) in [5, 5.41) is 5.24. The number of ether oxygens (including phenoxy) is 2. The van der Waals surface area contributed by atoms with Crippen molar-refractivity contribution in [1.29, 1.82) is 0 Å². The number of carbonyl (C=O) groups excluding carboxylic acids is 2. The first kappa shape index (κ1) is 20.0. The fraction of sp³-hybridized carbons (Fsp3) is 0.412. The minimum atomic E-state index is -0.543. The zero-order valence-corrected chi connectivity index (χ0v) is 15.9. The van der Waals surface area contributed by atoms with Gasteiger partial charge in [0.2, 0.25) is 5.91 Å². The lowest BCUT2D eigenvalue weighted by Crippen LogP contribution is -2.37. The Kier molecular flexibility index (Phi) is 7.78. The number of alkyl carbamates (subject to hydrolysis) is 1. The van der Waals surface area contributed by atoms with Gasteiger partial charge in [0.15, 0.2) is 0 Å². The average molecular weight is 399 g/mol. The Hall–Kier alpha value is -2.02. The highest BCUT2D eigenvalue weighted by Crippen LogP contribution is 2.23. The van der Waals surface area contributed by atoms with Gasteiger partial charge in [-0.3, -0.25) is 4.79 Å². The fourth-order valence-corrected chi connectivity index (χ4v) is 2.10. The molecule has 6 nitrogen and oxygen atoms in total. The molecule has 0 radical (unpaired) electrons. The van der Waals surface area contributed by atoms with Crippen LogP contribution in [0.1, 0.15) is 26.3 Å². The van der Waals surface area contributed by atoms with Crippen LogP contribution in [0.3, 0.4) is 0 Å². The van der Waals surface area contributed by atoms with E-state index in [4.69, 9.17) is 9.47 Å². The van der Waals surface area contributed by atoms with Crippen LogP contribution < -0.4 is 15.4 Å². The average Bonchev–Trinajstić information content (AvgIpc) is 2.48. The SMILES string of the molecule is COc1ccc(Br)cc1/C=C/C(=O)NCCNC(=O)OC(C)(C)C. The highest BCUT2D eigenvalue weighted by Gasteiger charge is 2.15. The van der Waals surface area contributed by atoms with Gasteiger partial charge in [0.1, 0.15) is 11.4 Å². The summed E-state index contributed by atoms with van der Waals surface area (Å²) in [5.41, 5.74) is 0.243. The van der Waals surface area contributed by atoms with Crippen molar-refractivity contribution in [3.05, 3.63) is 34.3 Å². The summed E-state index contributed by atoms with van der Waals surface area (Å²) in [6.45, 7) is 5.95. The van der Waals surface area contributed by atoms with Gasteiger partial charge in [0, 0.05) is 29.2 Å². The molecule has 0 saturated heterocycles. The van der Waals surface area contributed by atoms with Crippen molar-refractivity contribution in [1.82, 2.24) is 10.6 Å². The van der Waals surface area contributed by atoms with Crippen LogP contribution in [0.5, 0.6) is 5.75 Å². The summed E-state index contributed by atoms with van der Waals surface area (Å²) in [5.74, 6) is 0.414. The molecule has 0 aliphatic rings. The second-order valence-electron chi connectivity index (χ2n) is 5.94. The molecule has 2 N–H and O–H groups in total. The molecular weight excluding hydrogens is 376 g/mol. The summed E-state index contributed by atoms with van der Waals surface area (Å²) >= 11 is 3.38. The number of hydrogen-bond donors (Lipinski definition) is 2. The molecular formula is C17H23BrN2O4. The van der Waals surface area contributed by atoms with Gasteiger partial charge in [-0.15, -0.1) is 0 Å². The molecule has 0 aromatic heterocycles. The zero-order chi connectivity index (χ0) is 18.2. The Morgan fingerprint density at radius 2 is 1.88 bits per heavy atom. The third-order valence-electron chi connectivity index (χ3n) is 2.70. The van der Waals surface area contributed by atoms with Gasteiger partial charge >= 0.3 is 6.09 Å². The number of halogens is 1.